The summed E-state index contributed by atoms with van der Waals surface area (Å²) in [4.78, 5) is 0. The highest BCUT2D eigenvalue weighted by Gasteiger charge is 2.11. The van der Waals surface area contributed by atoms with Crippen LogP contribution in [-0.2, 0) is 6.54 Å². The molecule has 0 aliphatic rings. The van der Waals surface area contributed by atoms with Gasteiger partial charge in [-0.25, -0.2) is 0 Å². The van der Waals surface area contributed by atoms with Gasteiger partial charge >= 0.3 is 0 Å². The van der Waals surface area contributed by atoms with Crippen LogP contribution in [-0.4, -0.2) is 16.2 Å². The Morgan fingerprint density at radius 2 is 2.22 bits per heavy atom. The first-order valence-corrected chi connectivity index (χ1v) is 6.96. The Morgan fingerprint density at radius 3 is 2.89 bits per heavy atom. The molecule has 5 heteroatoms. The molecule has 2 aromatic rings. The zero-order valence-corrected chi connectivity index (χ0v) is 12.6. The van der Waals surface area contributed by atoms with Gasteiger partial charge in [-0.15, -0.1) is 0 Å². The standard InChI is InChI=1S/C13H15BrClN3/c1-8(2)16-6-9-7-17-18-13(9)11-4-3-10(14)5-12(11)15/h3-5,7-8,16H,6H2,1-2H3,(H,17,18). The normalized spacial score (nSPS) is 11.2. The van der Waals surface area contributed by atoms with Crippen molar-refractivity contribution in [1.82, 2.24) is 15.5 Å². The van der Waals surface area contributed by atoms with Crippen LogP contribution >= 0.6 is 27.5 Å². The van der Waals surface area contributed by atoms with Crippen molar-refractivity contribution in [2.75, 3.05) is 0 Å². The number of hydrogen-bond acceptors (Lipinski definition) is 2. The van der Waals surface area contributed by atoms with Crippen LogP contribution in [0.3, 0.4) is 0 Å². The molecule has 0 aliphatic carbocycles. The maximum atomic E-state index is 6.26. The molecule has 18 heavy (non-hydrogen) atoms. The number of H-pyrrole nitrogens is 1. The molecule has 0 amide bonds. The zero-order chi connectivity index (χ0) is 13.1. The Morgan fingerprint density at radius 1 is 1.44 bits per heavy atom. The van der Waals surface area contributed by atoms with Crippen LogP contribution in [0.5, 0.6) is 0 Å². The molecule has 0 bridgehead atoms. The largest absolute Gasteiger partial charge is 0.310 e. The first-order chi connectivity index (χ1) is 8.58. The lowest BCUT2D eigenvalue weighted by molar-refractivity contribution is 0.589. The number of nitrogens with zero attached hydrogens (tertiary/aromatic N) is 1. The molecule has 1 aromatic heterocycles. The van der Waals surface area contributed by atoms with Gasteiger partial charge in [-0.3, -0.25) is 5.10 Å². The number of aromatic nitrogens is 2. The molecule has 0 spiro atoms. The SMILES string of the molecule is CC(C)NCc1cn[nH]c1-c1ccc(Br)cc1Cl. The lowest BCUT2D eigenvalue weighted by atomic mass is 10.1. The van der Waals surface area contributed by atoms with Gasteiger partial charge < -0.3 is 5.32 Å². The minimum absolute atomic E-state index is 0.438. The fraction of sp³-hybridized carbons (Fsp3) is 0.308. The molecule has 0 atom stereocenters. The van der Waals surface area contributed by atoms with E-state index in [0.717, 1.165) is 27.8 Å². The molecule has 0 saturated heterocycles. The van der Waals surface area contributed by atoms with Crippen molar-refractivity contribution in [1.29, 1.82) is 0 Å². The number of aromatic amines is 1. The molecule has 3 nitrogen and oxygen atoms in total. The van der Waals surface area contributed by atoms with E-state index in [2.05, 4.69) is 45.3 Å². The van der Waals surface area contributed by atoms with Gasteiger partial charge in [0.15, 0.2) is 0 Å². The summed E-state index contributed by atoms with van der Waals surface area (Å²) < 4.78 is 0.970. The van der Waals surface area contributed by atoms with Gasteiger partial charge in [0.1, 0.15) is 0 Å². The predicted molar refractivity (Wildman–Crippen MR) is 78.7 cm³/mol. The van der Waals surface area contributed by atoms with Crippen molar-refractivity contribution in [3.8, 4) is 11.3 Å². The van der Waals surface area contributed by atoms with Crippen molar-refractivity contribution >= 4 is 27.5 Å². The van der Waals surface area contributed by atoms with Crippen molar-refractivity contribution in [3.05, 3.63) is 39.5 Å². The fourth-order valence-corrected chi connectivity index (χ4v) is 2.45. The van der Waals surface area contributed by atoms with Crippen LogP contribution in [0.2, 0.25) is 5.02 Å². The van der Waals surface area contributed by atoms with Crippen molar-refractivity contribution in [3.63, 3.8) is 0 Å². The Kier molecular flexibility index (Phi) is 4.43. The summed E-state index contributed by atoms with van der Waals surface area (Å²) in [6, 6.07) is 6.28. The number of rotatable bonds is 4. The van der Waals surface area contributed by atoms with E-state index in [1.807, 2.05) is 24.4 Å². The van der Waals surface area contributed by atoms with Gasteiger partial charge in [0.05, 0.1) is 16.9 Å². The minimum Gasteiger partial charge on any atom is -0.310 e. The second kappa shape index (κ2) is 5.87. The zero-order valence-electron chi connectivity index (χ0n) is 10.3. The van der Waals surface area contributed by atoms with Gasteiger partial charge in [0.25, 0.3) is 0 Å². The molecule has 0 saturated carbocycles. The van der Waals surface area contributed by atoms with Gasteiger partial charge in [-0.2, -0.15) is 5.10 Å². The van der Waals surface area contributed by atoms with E-state index in [-0.39, 0.29) is 0 Å². The highest BCUT2D eigenvalue weighted by molar-refractivity contribution is 9.10. The number of hydrogen-bond donors (Lipinski definition) is 2. The fourth-order valence-electron chi connectivity index (χ4n) is 1.68. The Bertz CT molecular complexity index is 537. The summed E-state index contributed by atoms with van der Waals surface area (Å²) in [5.41, 5.74) is 3.06. The summed E-state index contributed by atoms with van der Waals surface area (Å²) in [6.07, 6.45) is 1.84. The molecular weight excluding hydrogens is 314 g/mol. The highest BCUT2D eigenvalue weighted by atomic mass is 79.9. The monoisotopic (exact) mass is 327 g/mol. The highest BCUT2D eigenvalue weighted by Crippen LogP contribution is 2.31. The summed E-state index contributed by atoms with van der Waals surface area (Å²) in [5, 5.41) is 11.2. The summed E-state index contributed by atoms with van der Waals surface area (Å²) >= 11 is 9.66. The van der Waals surface area contributed by atoms with Crippen molar-refractivity contribution in [2.24, 2.45) is 0 Å². The maximum Gasteiger partial charge on any atom is 0.0710 e. The smallest absolute Gasteiger partial charge is 0.0710 e. The lowest BCUT2D eigenvalue weighted by Gasteiger charge is -2.09. The molecule has 0 fully saturated rings. The lowest BCUT2D eigenvalue weighted by Crippen LogP contribution is -2.21. The van der Waals surface area contributed by atoms with Crippen LogP contribution in [0.4, 0.5) is 0 Å². The number of halogens is 2. The summed E-state index contributed by atoms with van der Waals surface area (Å²) in [7, 11) is 0. The second-order valence-corrected chi connectivity index (χ2v) is 5.75. The number of nitrogens with one attached hydrogen (secondary N) is 2. The minimum atomic E-state index is 0.438. The van der Waals surface area contributed by atoms with E-state index in [1.165, 1.54) is 0 Å². The molecular formula is C13H15BrClN3. The predicted octanol–water partition coefficient (Wildman–Crippen LogP) is 3.99. The van der Waals surface area contributed by atoms with Gasteiger partial charge in [0, 0.05) is 28.2 Å². The molecule has 2 rings (SSSR count). The average molecular weight is 329 g/mol. The third-order valence-electron chi connectivity index (χ3n) is 2.62. The van der Waals surface area contributed by atoms with E-state index >= 15 is 0 Å². The Balaban J connectivity index is 2.30. The molecule has 96 valence electrons. The topological polar surface area (TPSA) is 40.7 Å². The van der Waals surface area contributed by atoms with Crippen LogP contribution in [0.1, 0.15) is 19.4 Å². The van der Waals surface area contributed by atoms with E-state index in [4.69, 9.17) is 11.6 Å². The molecule has 1 heterocycles. The molecule has 0 unspecified atom stereocenters. The molecule has 1 aromatic carbocycles. The van der Waals surface area contributed by atoms with E-state index in [0.29, 0.717) is 11.1 Å². The molecule has 2 N–H and O–H groups in total. The number of benzene rings is 1. The third-order valence-corrected chi connectivity index (χ3v) is 3.43. The van der Waals surface area contributed by atoms with Crippen LogP contribution in [0, 0.1) is 0 Å². The van der Waals surface area contributed by atoms with E-state index < -0.39 is 0 Å². The van der Waals surface area contributed by atoms with Crippen LogP contribution in [0.15, 0.2) is 28.9 Å². The molecule has 0 aliphatic heterocycles. The Labute approximate surface area is 120 Å². The third kappa shape index (κ3) is 3.13. The van der Waals surface area contributed by atoms with E-state index in [1.54, 1.807) is 0 Å². The van der Waals surface area contributed by atoms with Crippen molar-refractivity contribution < 1.29 is 0 Å². The first kappa shape index (κ1) is 13.6. The molecule has 0 radical (unpaired) electrons. The maximum absolute atomic E-state index is 6.26. The van der Waals surface area contributed by atoms with Gasteiger partial charge in [0.2, 0.25) is 0 Å². The summed E-state index contributed by atoms with van der Waals surface area (Å²) in [6.45, 7) is 5.01. The van der Waals surface area contributed by atoms with Gasteiger partial charge in [-0.05, 0) is 12.1 Å². The van der Waals surface area contributed by atoms with Gasteiger partial charge in [-0.1, -0.05) is 47.4 Å². The average Bonchev–Trinajstić information content (AvgIpc) is 2.74. The van der Waals surface area contributed by atoms with Crippen molar-refractivity contribution in [2.45, 2.75) is 26.4 Å². The van der Waals surface area contributed by atoms with E-state index in [9.17, 15) is 0 Å². The van der Waals surface area contributed by atoms with Crippen LogP contribution < -0.4 is 5.32 Å². The first-order valence-electron chi connectivity index (χ1n) is 5.79. The second-order valence-electron chi connectivity index (χ2n) is 4.43. The summed E-state index contributed by atoms with van der Waals surface area (Å²) in [5.74, 6) is 0. The quantitative estimate of drug-likeness (QED) is 0.891. The van der Waals surface area contributed by atoms with Crippen LogP contribution in [0.25, 0.3) is 11.3 Å². The Hall–Kier alpha value is -0.840.